The van der Waals surface area contributed by atoms with Crippen molar-refractivity contribution in [3.05, 3.63) is 64.4 Å². The predicted molar refractivity (Wildman–Crippen MR) is 76.3 cm³/mol. The van der Waals surface area contributed by atoms with E-state index in [1.807, 2.05) is 38.1 Å². The normalized spacial score (nSPS) is 11.9. The Kier molecular flexibility index (Phi) is 4.17. The van der Waals surface area contributed by atoms with Gasteiger partial charge < -0.3 is 5.32 Å². The zero-order chi connectivity index (χ0) is 13.8. The number of aryl methyl sites for hydroxylation is 1. The Balaban J connectivity index is 2.08. The number of aromatic nitrogens is 1. The average molecular weight is 275 g/mol. The van der Waals surface area contributed by atoms with Crippen LogP contribution in [-0.2, 0) is 0 Å². The molecular formula is C15H15ClN2O. The van der Waals surface area contributed by atoms with Crippen LogP contribution in [0.15, 0.2) is 42.6 Å². The van der Waals surface area contributed by atoms with Crippen molar-refractivity contribution in [1.29, 1.82) is 0 Å². The zero-order valence-corrected chi connectivity index (χ0v) is 11.6. The summed E-state index contributed by atoms with van der Waals surface area (Å²) in [7, 11) is 0. The van der Waals surface area contributed by atoms with Crippen LogP contribution < -0.4 is 5.32 Å². The first-order chi connectivity index (χ1) is 9.06. The van der Waals surface area contributed by atoms with Gasteiger partial charge in [-0.05, 0) is 31.5 Å². The van der Waals surface area contributed by atoms with Crippen LogP contribution in [0.25, 0.3) is 0 Å². The van der Waals surface area contributed by atoms with E-state index in [0.717, 1.165) is 5.56 Å². The molecule has 0 radical (unpaired) electrons. The minimum Gasteiger partial charge on any atom is -0.346 e. The number of pyridine rings is 1. The predicted octanol–water partition coefficient (Wildman–Crippen LogP) is 3.53. The van der Waals surface area contributed by atoms with Crippen molar-refractivity contribution in [3.8, 4) is 0 Å². The Bertz CT molecular complexity index is 581. The van der Waals surface area contributed by atoms with Gasteiger partial charge in [0, 0.05) is 11.8 Å². The van der Waals surface area contributed by atoms with Gasteiger partial charge >= 0.3 is 0 Å². The molecule has 1 aromatic heterocycles. The summed E-state index contributed by atoms with van der Waals surface area (Å²) in [5.74, 6) is -0.155. The molecule has 0 spiro atoms. The molecular weight excluding hydrogens is 260 g/mol. The van der Waals surface area contributed by atoms with Crippen molar-refractivity contribution >= 4 is 17.5 Å². The van der Waals surface area contributed by atoms with E-state index in [1.165, 1.54) is 11.8 Å². The Morgan fingerprint density at radius 2 is 1.95 bits per heavy atom. The van der Waals surface area contributed by atoms with Crippen LogP contribution in [0.3, 0.4) is 0 Å². The van der Waals surface area contributed by atoms with Gasteiger partial charge in [0.15, 0.2) is 0 Å². The first-order valence-electron chi connectivity index (χ1n) is 6.05. The van der Waals surface area contributed by atoms with E-state index >= 15 is 0 Å². The lowest BCUT2D eigenvalue weighted by Crippen LogP contribution is -2.26. The highest BCUT2D eigenvalue weighted by atomic mass is 35.5. The van der Waals surface area contributed by atoms with E-state index < -0.39 is 0 Å². The molecule has 0 aliphatic carbocycles. The molecule has 2 aromatic rings. The average Bonchev–Trinajstić information content (AvgIpc) is 2.39. The van der Waals surface area contributed by atoms with E-state index in [-0.39, 0.29) is 11.9 Å². The number of benzene rings is 1. The molecule has 0 saturated carbocycles. The Morgan fingerprint density at radius 3 is 2.58 bits per heavy atom. The van der Waals surface area contributed by atoms with Gasteiger partial charge in [-0.15, -0.1) is 0 Å². The van der Waals surface area contributed by atoms with Crippen molar-refractivity contribution in [2.24, 2.45) is 0 Å². The monoisotopic (exact) mass is 274 g/mol. The Morgan fingerprint density at radius 1 is 1.26 bits per heavy atom. The molecule has 1 atom stereocenters. The highest BCUT2D eigenvalue weighted by molar-refractivity contribution is 6.29. The molecule has 1 unspecified atom stereocenters. The Hall–Kier alpha value is -1.87. The van der Waals surface area contributed by atoms with Crippen molar-refractivity contribution in [2.75, 3.05) is 0 Å². The van der Waals surface area contributed by atoms with Gasteiger partial charge in [-0.2, -0.15) is 0 Å². The molecule has 1 amide bonds. The Labute approximate surface area is 117 Å². The van der Waals surface area contributed by atoms with Crippen LogP contribution in [0, 0.1) is 6.92 Å². The molecule has 3 nitrogen and oxygen atoms in total. The lowest BCUT2D eigenvalue weighted by atomic mass is 10.1. The first-order valence-corrected chi connectivity index (χ1v) is 6.43. The van der Waals surface area contributed by atoms with Gasteiger partial charge in [0.05, 0.1) is 6.04 Å². The minimum atomic E-state index is -0.155. The van der Waals surface area contributed by atoms with Crippen LogP contribution in [-0.4, -0.2) is 10.9 Å². The number of hydrogen-bond donors (Lipinski definition) is 1. The summed E-state index contributed by atoms with van der Waals surface area (Å²) in [6.07, 6.45) is 1.52. The maximum absolute atomic E-state index is 12.1. The number of hydrogen-bond acceptors (Lipinski definition) is 2. The van der Waals surface area contributed by atoms with Crippen molar-refractivity contribution in [3.63, 3.8) is 0 Å². The first kappa shape index (κ1) is 13.6. The molecule has 0 fully saturated rings. The molecule has 4 heteroatoms. The van der Waals surface area contributed by atoms with Gasteiger partial charge in [0.25, 0.3) is 5.91 Å². The minimum absolute atomic E-state index is 0.0555. The third kappa shape index (κ3) is 3.55. The van der Waals surface area contributed by atoms with E-state index in [9.17, 15) is 4.79 Å². The smallest absolute Gasteiger partial charge is 0.251 e. The van der Waals surface area contributed by atoms with Crippen molar-refractivity contribution in [2.45, 2.75) is 19.9 Å². The van der Waals surface area contributed by atoms with Gasteiger partial charge in [0.1, 0.15) is 5.15 Å². The van der Waals surface area contributed by atoms with Gasteiger partial charge in [-0.3, -0.25) is 4.79 Å². The highest BCUT2D eigenvalue weighted by Crippen LogP contribution is 2.14. The molecule has 1 aromatic carbocycles. The van der Waals surface area contributed by atoms with E-state index in [2.05, 4.69) is 10.3 Å². The third-order valence-corrected chi connectivity index (χ3v) is 3.12. The topological polar surface area (TPSA) is 42.0 Å². The fourth-order valence-electron chi connectivity index (χ4n) is 1.76. The lowest BCUT2D eigenvalue weighted by molar-refractivity contribution is 0.0940. The summed E-state index contributed by atoms with van der Waals surface area (Å²) in [6.45, 7) is 3.98. The molecule has 2 rings (SSSR count). The number of nitrogens with zero attached hydrogens (tertiary/aromatic N) is 1. The number of halogens is 1. The molecule has 1 heterocycles. The molecule has 0 aliphatic rings. The molecule has 1 N–H and O–H groups in total. The van der Waals surface area contributed by atoms with Crippen LogP contribution in [0.4, 0.5) is 0 Å². The molecule has 19 heavy (non-hydrogen) atoms. The van der Waals surface area contributed by atoms with Gasteiger partial charge in [-0.1, -0.05) is 41.4 Å². The number of amides is 1. The standard InChI is InChI=1S/C15H15ClN2O/c1-10-3-5-12(6-4-10)11(2)18-15(19)13-7-8-17-14(16)9-13/h3-9,11H,1-2H3,(H,18,19). The van der Waals surface area contributed by atoms with Crippen molar-refractivity contribution < 1.29 is 4.79 Å². The maximum atomic E-state index is 12.1. The fraction of sp³-hybridized carbons (Fsp3) is 0.200. The number of carbonyl (C=O) groups excluding carboxylic acids is 1. The van der Waals surface area contributed by atoms with E-state index in [0.29, 0.717) is 10.7 Å². The number of rotatable bonds is 3. The summed E-state index contributed by atoms with van der Waals surface area (Å²) < 4.78 is 0. The maximum Gasteiger partial charge on any atom is 0.251 e. The third-order valence-electron chi connectivity index (χ3n) is 2.91. The van der Waals surface area contributed by atoms with Crippen LogP contribution in [0.2, 0.25) is 5.15 Å². The van der Waals surface area contributed by atoms with E-state index in [1.54, 1.807) is 12.1 Å². The second-order valence-electron chi connectivity index (χ2n) is 4.47. The summed E-state index contributed by atoms with van der Waals surface area (Å²) >= 11 is 5.77. The van der Waals surface area contributed by atoms with Gasteiger partial charge in [0.2, 0.25) is 0 Å². The lowest BCUT2D eigenvalue weighted by Gasteiger charge is -2.14. The zero-order valence-electron chi connectivity index (χ0n) is 10.9. The largest absolute Gasteiger partial charge is 0.346 e. The van der Waals surface area contributed by atoms with Crippen LogP contribution >= 0.6 is 11.6 Å². The summed E-state index contributed by atoms with van der Waals surface area (Å²) in [5.41, 5.74) is 2.78. The van der Waals surface area contributed by atoms with Crippen molar-refractivity contribution in [1.82, 2.24) is 10.3 Å². The SMILES string of the molecule is Cc1ccc(C(C)NC(=O)c2ccnc(Cl)c2)cc1. The molecule has 0 aliphatic heterocycles. The van der Waals surface area contributed by atoms with E-state index in [4.69, 9.17) is 11.6 Å². The quantitative estimate of drug-likeness (QED) is 0.870. The summed E-state index contributed by atoms with van der Waals surface area (Å²) in [6, 6.07) is 11.2. The molecule has 0 bridgehead atoms. The van der Waals surface area contributed by atoms with Crippen LogP contribution in [0.5, 0.6) is 0 Å². The van der Waals surface area contributed by atoms with Crippen LogP contribution in [0.1, 0.15) is 34.5 Å². The second-order valence-corrected chi connectivity index (χ2v) is 4.86. The van der Waals surface area contributed by atoms with Gasteiger partial charge in [-0.25, -0.2) is 4.98 Å². The highest BCUT2D eigenvalue weighted by Gasteiger charge is 2.11. The summed E-state index contributed by atoms with van der Waals surface area (Å²) in [5, 5.41) is 3.25. The number of carbonyl (C=O) groups is 1. The number of nitrogens with one attached hydrogen (secondary N) is 1. The summed E-state index contributed by atoms with van der Waals surface area (Å²) in [4.78, 5) is 15.9. The molecule has 0 saturated heterocycles. The fourth-order valence-corrected chi connectivity index (χ4v) is 1.94. The molecule has 98 valence electrons. The second kappa shape index (κ2) is 5.85.